The van der Waals surface area contributed by atoms with Crippen LogP contribution in [0.15, 0.2) is 24.3 Å². The van der Waals surface area contributed by atoms with Crippen LogP contribution >= 0.6 is 0 Å². The molecule has 0 saturated heterocycles. The molecule has 0 radical (unpaired) electrons. The van der Waals surface area contributed by atoms with E-state index in [1.165, 1.54) is 12.1 Å². The third kappa shape index (κ3) is 3.43. The van der Waals surface area contributed by atoms with Crippen LogP contribution in [0.3, 0.4) is 0 Å². The van der Waals surface area contributed by atoms with Gasteiger partial charge in [-0.05, 0) is 39.8 Å². The first-order valence-corrected chi connectivity index (χ1v) is 5.69. The monoisotopic (exact) mass is 254 g/mol. The van der Waals surface area contributed by atoms with E-state index in [2.05, 4.69) is 10.6 Å². The average Bonchev–Trinajstić information content (AvgIpc) is 2.19. The van der Waals surface area contributed by atoms with Crippen LogP contribution in [-0.2, 0) is 0 Å². The van der Waals surface area contributed by atoms with E-state index in [-0.39, 0.29) is 5.69 Å². The third-order valence-corrected chi connectivity index (χ3v) is 3.08. The molecule has 4 nitrogen and oxygen atoms in total. The van der Waals surface area contributed by atoms with Crippen molar-refractivity contribution in [3.8, 4) is 0 Å². The number of nitrogens with one attached hydrogen (secondary N) is 2. The lowest BCUT2D eigenvalue weighted by atomic mass is 9.86. The van der Waals surface area contributed by atoms with E-state index >= 15 is 0 Å². The Kier molecular flexibility index (Phi) is 3.96. The fourth-order valence-electron chi connectivity index (χ4n) is 1.15. The molecule has 0 aliphatic heterocycles. The van der Waals surface area contributed by atoms with Gasteiger partial charge >= 0.3 is 6.03 Å². The molecule has 2 amide bonds. The van der Waals surface area contributed by atoms with Crippen molar-refractivity contribution in [2.45, 2.75) is 38.8 Å². The van der Waals surface area contributed by atoms with Crippen LogP contribution in [0.25, 0.3) is 0 Å². The Morgan fingerprint density at radius 2 is 1.78 bits per heavy atom. The van der Waals surface area contributed by atoms with E-state index in [0.717, 1.165) is 0 Å². The Labute approximate surface area is 106 Å². The highest BCUT2D eigenvalue weighted by molar-refractivity contribution is 5.89. The van der Waals surface area contributed by atoms with E-state index in [1.54, 1.807) is 39.8 Å². The molecular weight excluding hydrogens is 235 g/mol. The second kappa shape index (κ2) is 4.94. The molecule has 1 aromatic rings. The summed E-state index contributed by atoms with van der Waals surface area (Å²) < 4.78 is 13.3. The highest BCUT2D eigenvalue weighted by atomic mass is 19.1. The van der Waals surface area contributed by atoms with Gasteiger partial charge < -0.3 is 15.7 Å². The zero-order chi connectivity index (χ0) is 14.0. The van der Waals surface area contributed by atoms with Crippen molar-refractivity contribution in [3.63, 3.8) is 0 Å². The van der Waals surface area contributed by atoms with Crippen molar-refractivity contribution in [2.24, 2.45) is 0 Å². The number of rotatable bonds is 3. The smallest absolute Gasteiger partial charge is 0.319 e. The maximum Gasteiger partial charge on any atom is 0.319 e. The number of halogens is 1. The zero-order valence-corrected chi connectivity index (χ0v) is 11.0. The highest BCUT2D eigenvalue weighted by Crippen LogP contribution is 2.21. The van der Waals surface area contributed by atoms with Gasteiger partial charge in [0.05, 0.1) is 16.8 Å². The summed E-state index contributed by atoms with van der Waals surface area (Å²) in [5.41, 5.74) is -1.84. The Morgan fingerprint density at radius 3 is 2.28 bits per heavy atom. The number of hydrogen-bond donors (Lipinski definition) is 3. The third-order valence-electron chi connectivity index (χ3n) is 3.08. The van der Waals surface area contributed by atoms with Gasteiger partial charge in [0.2, 0.25) is 0 Å². The first kappa shape index (κ1) is 14.4. The summed E-state index contributed by atoms with van der Waals surface area (Å²) in [4.78, 5) is 11.7. The Morgan fingerprint density at radius 1 is 1.22 bits per heavy atom. The lowest BCUT2D eigenvalue weighted by molar-refractivity contribution is 0.00184. The van der Waals surface area contributed by atoms with E-state index in [0.29, 0.717) is 0 Å². The molecule has 0 aliphatic carbocycles. The summed E-state index contributed by atoms with van der Waals surface area (Å²) >= 11 is 0. The quantitative estimate of drug-likeness (QED) is 0.776. The van der Waals surface area contributed by atoms with E-state index in [4.69, 9.17) is 0 Å². The number of aliphatic hydroxyl groups is 1. The van der Waals surface area contributed by atoms with Crippen LogP contribution in [-0.4, -0.2) is 22.3 Å². The predicted octanol–water partition coefficient (Wildman–Crippen LogP) is 2.50. The van der Waals surface area contributed by atoms with Gasteiger partial charge in [-0.25, -0.2) is 9.18 Å². The van der Waals surface area contributed by atoms with E-state index in [9.17, 15) is 14.3 Å². The fourth-order valence-corrected chi connectivity index (χ4v) is 1.15. The Balaban J connectivity index is 2.72. The summed E-state index contributed by atoms with van der Waals surface area (Å²) in [6.45, 7) is 6.56. The van der Waals surface area contributed by atoms with Gasteiger partial charge in [0, 0.05) is 0 Å². The van der Waals surface area contributed by atoms with Gasteiger partial charge in [-0.15, -0.1) is 0 Å². The Hall–Kier alpha value is -1.62. The van der Waals surface area contributed by atoms with Crippen molar-refractivity contribution < 1.29 is 14.3 Å². The van der Waals surface area contributed by atoms with Gasteiger partial charge in [0.1, 0.15) is 5.82 Å². The number of urea groups is 1. The zero-order valence-electron chi connectivity index (χ0n) is 11.0. The Bertz CT molecular complexity index is 439. The molecule has 1 aromatic carbocycles. The molecule has 100 valence electrons. The van der Waals surface area contributed by atoms with Crippen molar-refractivity contribution in [3.05, 3.63) is 30.1 Å². The summed E-state index contributed by atoms with van der Waals surface area (Å²) in [7, 11) is 0. The molecule has 0 spiro atoms. The largest absolute Gasteiger partial charge is 0.388 e. The molecule has 0 aliphatic rings. The van der Waals surface area contributed by atoms with Crippen molar-refractivity contribution in [1.82, 2.24) is 5.32 Å². The predicted molar refractivity (Wildman–Crippen MR) is 68.9 cm³/mol. The number of hydrogen-bond acceptors (Lipinski definition) is 2. The maximum absolute atomic E-state index is 13.3. The lowest BCUT2D eigenvalue weighted by Gasteiger charge is -2.37. The standard InChI is InChI=1S/C13H19FN2O2/c1-12(2,13(3,4)18)16-11(17)15-10-8-6-5-7-9(10)14/h5-8,18H,1-4H3,(H2,15,16,17). The lowest BCUT2D eigenvalue weighted by Crippen LogP contribution is -2.58. The summed E-state index contributed by atoms with van der Waals surface area (Å²) in [6.07, 6.45) is 0. The molecular formula is C13H19FN2O2. The van der Waals surface area contributed by atoms with Crippen LogP contribution in [0.4, 0.5) is 14.9 Å². The molecule has 18 heavy (non-hydrogen) atoms. The topological polar surface area (TPSA) is 61.4 Å². The van der Waals surface area contributed by atoms with E-state index in [1.807, 2.05) is 0 Å². The molecule has 0 fully saturated rings. The average molecular weight is 254 g/mol. The fraction of sp³-hybridized carbons (Fsp3) is 0.462. The molecule has 0 heterocycles. The van der Waals surface area contributed by atoms with Gasteiger partial charge in [-0.3, -0.25) is 0 Å². The summed E-state index contributed by atoms with van der Waals surface area (Å²) in [6, 6.07) is 5.33. The van der Waals surface area contributed by atoms with Crippen LogP contribution in [0.1, 0.15) is 27.7 Å². The molecule has 1 rings (SSSR count). The molecule has 5 heteroatoms. The number of benzene rings is 1. The minimum atomic E-state index is -1.10. The first-order valence-electron chi connectivity index (χ1n) is 5.69. The van der Waals surface area contributed by atoms with Crippen molar-refractivity contribution in [2.75, 3.05) is 5.32 Å². The van der Waals surface area contributed by atoms with Crippen LogP contribution < -0.4 is 10.6 Å². The van der Waals surface area contributed by atoms with Crippen LogP contribution in [0.5, 0.6) is 0 Å². The minimum Gasteiger partial charge on any atom is -0.388 e. The summed E-state index contributed by atoms with van der Waals surface area (Å²) in [5.74, 6) is -0.506. The summed E-state index contributed by atoms with van der Waals surface area (Å²) in [5, 5.41) is 14.9. The van der Waals surface area contributed by atoms with Crippen molar-refractivity contribution >= 4 is 11.7 Å². The van der Waals surface area contributed by atoms with Gasteiger partial charge in [0.15, 0.2) is 0 Å². The minimum absolute atomic E-state index is 0.0987. The SMILES string of the molecule is CC(C)(O)C(C)(C)NC(=O)Nc1ccccc1F. The van der Waals surface area contributed by atoms with Crippen LogP contribution in [0.2, 0.25) is 0 Å². The second-order valence-corrected chi connectivity index (χ2v) is 5.24. The number of para-hydroxylation sites is 1. The number of carbonyl (C=O) groups is 1. The van der Waals surface area contributed by atoms with E-state index < -0.39 is 23.0 Å². The molecule has 0 saturated carbocycles. The molecule has 0 atom stereocenters. The van der Waals surface area contributed by atoms with Gasteiger partial charge in [-0.1, -0.05) is 12.1 Å². The normalized spacial score (nSPS) is 12.1. The van der Waals surface area contributed by atoms with Gasteiger partial charge in [-0.2, -0.15) is 0 Å². The molecule has 3 N–H and O–H groups in total. The molecule has 0 unspecified atom stereocenters. The number of amides is 2. The second-order valence-electron chi connectivity index (χ2n) is 5.24. The van der Waals surface area contributed by atoms with Crippen molar-refractivity contribution in [1.29, 1.82) is 0 Å². The van der Waals surface area contributed by atoms with Gasteiger partial charge in [0.25, 0.3) is 0 Å². The highest BCUT2D eigenvalue weighted by Gasteiger charge is 2.36. The maximum atomic E-state index is 13.3. The molecule has 0 aromatic heterocycles. The number of anilines is 1. The number of carbonyl (C=O) groups excluding carboxylic acids is 1. The van der Waals surface area contributed by atoms with Crippen LogP contribution in [0, 0.1) is 5.82 Å². The first-order chi connectivity index (χ1) is 8.13. The molecule has 0 bridgehead atoms.